The monoisotopic (exact) mass is 200 g/mol. The fourth-order valence-corrected chi connectivity index (χ4v) is 1.23. The summed E-state index contributed by atoms with van der Waals surface area (Å²) in [4.78, 5) is 2.68. The zero-order chi connectivity index (χ0) is 11.5. The second kappa shape index (κ2) is 4.04. The van der Waals surface area contributed by atoms with Gasteiger partial charge < -0.3 is 0 Å². The quantitative estimate of drug-likeness (QED) is 0.386. The summed E-state index contributed by atoms with van der Waals surface area (Å²) in [6.07, 6.45) is 0. The Morgan fingerprint density at radius 3 is 2.53 bits per heavy atom. The molecule has 0 heterocycles. The van der Waals surface area contributed by atoms with E-state index in [4.69, 9.17) is 10.8 Å². The first-order valence-corrected chi connectivity index (χ1v) is 4.59. The molecule has 15 heavy (non-hydrogen) atoms. The van der Waals surface area contributed by atoms with E-state index in [1.54, 1.807) is 12.1 Å². The van der Waals surface area contributed by atoms with Crippen LogP contribution in [0.15, 0.2) is 23.3 Å². The summed E-state index contributed by atoms with van der Waals surface area (Å²) in [6.45, 7) is 6.20. The molecule has 0 aromatic heterocycles. The topological polar surface area (TPSA) is 72.6 Å². The minimum atomic E-state index is -0.0134. The molecule has 1 aromatic carbocycles. The molecule has 4 nitrogen and oxygen atoms in total. The SMILES string of the molecule is CC(C)(C)c1ccc(N=[N+]=[N-])c(C#N)c1. The van der Waals surface area contributed by atoms with Gasteiger partial charge in [-0.1, -0.05) is 38.0 Å². The third-order valence-corrected chi connectivity index (χ3v) is 2.14. The Hall–Kier alpha value is -1.98. The van der Waals surface area contributed by atoms with Crippen LogP contribution in [0.4, 0.5) is 5.69 Å². The molecule has 1 rings (SSSR count). The summed E-state index contributed by atoms with van der Waals surface area (Å²) in [5.41, 5.74) is 10.2. The van der Waals surface area contributed by atoms with Crippen LogP contribution in [0.25, 0.3) is 10.4 Å². The average Bonchev–Trinajstić information content (AvgIpc) is 2.17. The first-order chi connectivity index (χ1) is 6.99. The van der Waals surface area contributed by atoms with E-state index in [1.807, 2.05) is 12.1 Å². The van der Waals surface area contributed by atoms with Gasteiger partial charge in [-0.25, -0.2) is 0 Å². The van der Waals surface area contributed by atoms with Gasteiger partial charge in [0.2, 0.25) is 0 Å². The molecular weight excluding hydrogens is 188 g/mol. The summed E-state index contributed by atoms with van der Waals surface area (Å²) in [6, 6.07) is 7.36. The van der Waals surface area contributed by atoms with Gasteiger partial charge in [-0.3, -0.25) is 0 Å². The Morgan fingerprint density at radius 1 is 1.40 bits per heavy atom. The van der Waals surface area contributed by atoms with Gasteiger partial charge >= 0.3 is 0 Å². The molecule has 0 aliphatic rings. The summed E-state index contributed by atoms with van der Waals surface area (Å²) in [7, 11) is 0. The number of nitrogens with zero attached hydrogens (tertiary/aromatic N) is 4. The Labute approximate surface area is 88.8 Å². The minimum Gasteiger partial charge on any atom is -0.192 e. The first kappa shape index (κ1) is 11.1. The van der Waals surface area contributed by atoms with Crippen molar-refractivity contribution in [2.24, 2.45) is 5.11 Å². The fraction of sp³-hybridized carbons (Fsp3) is 0.364. The lowest BCUT2D eigenvalue weighted by Crippen LogP contribution is -2.10. The van der Waals surface area contributed by atoms with E-state index in [2.05, 4.69) is 30.8 Å². The second-order valence-electron chi connectivity index (χ2n) is 4.28. The predicted octanol–water partition coefficient (Wildman–Crippen LogP) is 3.80. The molecular formula is C11H12N4. The fourth-order valence-electron chi connectivity index (χ4n) is 1.23. The van der Waals surface area contributed by atoms with E-state index in [0.717, 1.165) is 5.56 Å². The molecule has 76 valence electrons. The van der Waals surface area contributed by atoms with Crippen LogP contribution in [0.5, 0.6) is 0 Å². The number of hydrogen-bond acceptors (Lipinski definition) is 2. The zero-order valence-corrected chi connectivity index (χ0v) is 9.02. The van der Waals surface area contributed by atoms with E-state index in [0.29, 0.717) is 11.3 Å². The van der Waals surface area contributed by atoms with Crippen molar-refractivity contribution >= 4 is 5.69 Å². The lowest BCUT2D eigenvalue weighted by molar-refractivity contribution is 0.590. The van der Waals surface area contributed by atoms with E-state index < -0.39 is 0 Å². The molecule has 0 aliphatic carbocycles. The van der Waals surface area contributed by atoms with Crippen molar-refractivity contribution in [3.63, 3.8) is 0 Å². The molecule has 0 aliphatic heterocycles. The number of hydrogen-bond donors (Lipinski definition) is 0. The summed E-state index contributed by atoms with van der Waals surface area (Å²) in [5, 5.41) is 12.4. The predicted molar refractivity (Wildman–Crippen MR) is 58.7 cm³/mol. The van der Waals surface area contributed by atoms with E-state index in [1.165, 1.54) is 0 Å². The van der Waals surface area contributed by atoms with Crippen molar-refractivity contribution in [1.82, 2.24) is 0 Å². The third kappa shape index (κ3) is 2.49. The summed E-state index contributed by atoms with van der Waals surface area (Å²) < 4.78 is 0. The molecule has 0 saturated heterocycles. The van der Waals surface area contributed by atoms with Crippen LogP contribution in [-0.4, -0.2) is 0 Å². The van der Waals surface area contributed by atoms with Gasteiger partial charge in [0.1, 0.15) is 0 Å². The highest BCUT2D eigenvalue weighted by molar-refractivity contribution is 5.55. The molecule has 4 heteroatoms. The van der Waals surface area contributed by atoms with Gasteiger partial charge in [0.15, 0.2) is 0 Å². The number of rotatable bonds is 1. The van der Waals surface area contributed by atoms with Crippen molar-refractivity contribution in [2.75, 3.05) is 0 Å². The smallest absolute Gasteiger partial charge is 0.0996 e. The Bertz CT molecular complexity index is 456. The van der Waals surface area contributed by atoms with E-state index >= 15 is 0 Å². The molecule has 0 unspecified atom stereocenters. The standard InChI is InChI=1S/C11H12N4/c1-11(2,3)9-4-5-10(14-15-13)8(6-9)7-12/h4-6H,1-3H3. The number of nitriles is 1. The third-order valence-electron chi connectivity index (χ3n) is 2.14. The van der Waals surface area contributed by atoms with Crippen LogP contribution in [0.1, 0.15) is 31.9 Å². The molecule has 0 bridgehead atoms. The molecule has 1 aromatic rings. The van der Waals surface area contributed by atoms with Crippen LogP contribution in [0, 0.1) is 11.3 Å². The Balaban J connectivity index is 3.33. The van der Waals surface area contributed by atoms with Crippen molar-refractivity contribution < 1.29 is 0 Å². The number of benzene rings is 1. The van der Waals surface area contributed by atoms with Gasteiger partial charge in [-0.05, 0) is 22.6 Å². The molecule has 0 radical (unpaired) electrons. The Kier molecular flexibility index (Phi) is 2.99. The summed E-state index contributed by atoms with van der Waals surface area (Å²) in [5.74, 6) is 0. The van der Waals surface area contributed by atoms with Crippen molar-refractivity contribution in [2.45, 2.75) is 26.2 Å². The van der Waals surface area contributed by atoms with Crippen molar-refractivity contribution in [3.8, 4) is 6.07 Å². The molecule has 0 N–H and O–H groups in total. The second-order valence-corrected chi connectivity index (χ2v) is 4.28. The molecule has 0 atom stereocenters. The summed E-state index contributed by atoms with van der Waals surface area (Å²) >= 11 is 0. The van der Waals surface area contributed by atoms with E-state index in [9.17, 15) is 0 Å². The van der Waals surface area contributed by atoms with Gasteiger partial charge in [0.25, 0.3) is 0 Å². The normalized spacial score (nSPS) is 10.3. The van der Waals surface area contributed by atoms with Crippen molar-refractivity contribution in [1.29, 1.82) is 5.26 Å². The maximum Gasteiger partial charge on any atom is 0.0996 e. The molecule has 0 spiro atoms. The van der Waals surface area contributed by atoms with Crippen molar-refractivity contribution in [3.05, 3.63) is 39.8 Å². The van der Waals surface area contributed by atoms with Crippen LogP contribution in [-0.2, 0) is 5.41 Å². The van der Waals surface area contributed by atoms with E-state index in [-0.39, 0.29) is 5.41 Å². The van der Waals surface area contributed by atoms with Gasteiger partial charge in [-0.15, -0.1) is 0 Å². The number of azide groups is 1. The molecule has 0 saturated carbocycles. The van der Waals surface area contributed by atoms with Gasteiger partial charge in [-0.2, -0.15) is 5.26 Å². The molecule has 0 fully saturated rings. The van der Waals surface area contributed by atoms with Gasteiger partial charge in [0, 0.05) is 4.91 Å². The molecule has 0 amide bonds. The Morgan fingerprint density at radius 2 is 2.07 bits per heavy atom. The highest BCUT2D eigenvalue weighted by atomic mass is 15.1. The largest absolute Gasteiger partial charge is 0.192 e. The lowest BCUT2D eigenvalue weighted by Gasteiger charge is -2.19. The zero-order valence-electron chi connectivity index (χ0n) is 9.02. The van der Waals surface area contributed by atoms with Gasteiger partial charge in [0.05, 0.1) is 17.3 Å². The minimum absolute atomic E-state index is 0.0134. The highest BCUT2D eigenvalue weighted by Crippen LogP contribution is 2.27. The van der Waals surface area contributed by atoms with Crippen LogP contribution >= 0.6 is 0 Å². The van der Waals surface area contributed by atoms with Crippen LogP contribution in [0.2, 0.25) is 0 Å². The highest BCUT2D eigenvalue weighted by Gasteiger charge is 2.14. The van der Waals surface area contributed by atoms with Crippen LogP contribution in [0.3, 0.4) is 0 Å². The maximum atomic E-state index is 8.90. The maximum absolute atomic E-state index is 8.90. The first-order valence-electron chi connectivity index (χ1n) is 4.59. The lowest BCUT2D eigenvalue weighted by atomic mass is 9.86. The average molecular weight is 200 g/mol. The van der Waals surface area contributed by atoms with Crippen LogP contribution < -0.4 is 0 Å².